The molecule has 7 nitrogen and oxygen atoms in total. The van der Waals surface area contributed by atoms with Crippen molar-refractivity contribution in [1.29, 1.82) is 0 Å². The second-order valence-corrected chi connectivity index (χ2v) is 6.77. The number of hydrogen-bond donors (Lipinski definition) is 0. The van der Waals surface area contributed by atoms with Crippen molar-refractivity contribution in [2.75, 3.05) is 7.05 Å². The molecule has 1 amide bonds. The fraction of sp³-hybridized carbons (Fsp3) is 0.316. The van der Waals surface area contributed by atoms with E-state index < -0.39 is 0 Å². The summed E-state index contributed by atoms with van der Waals surface area (Å²) in [6, 6.07) is 7.17. The van der Waals surface area contributed by atoms with Gasteiger partial charge in [-0.1, -0.05) is 28.9 Å². The Morgan fingerprint density at radius 2 is 2.07 bits per heavy atom. The van der Waals surface area contributed by atoms with Crippen LogP contribution in [0.15, 0.2) is 35.0 Å². The number of halogens is 1. The third-order valence-corrected chi connectivity index (χ3v) is 4.58. The molecule has 0 saturated heterocycles. The normalized spacial score (nSPS) is 10.9. The molecule has 0 spiro atoms. The number of benzene rings is 1. The molecular formula is C19H21ClN4O3. The van der Waals surface area contributed by atoms with E-state index in [9.17, 15) is 4.79 Å². The van der Waals surface area contributed by atoms with Crippen molar-refractivity contribution in [1.82, 2.24) is 19.8 Å². The first kappa shape index (κ1) is 19.0. The van der Waals surface area contributed by atoms with Crippen molar-refractivity contribution >= 4 is 17.5 Å². The lowest BCUT2D eigenvalue weighted by molar-refractivity contribution is 0.0772. The Balaban J connectivity index is 1.75. The minimum Gasteiger partial charge on any atom is -0.487 e. The van der Waals surface area contributed by atoms with E-state index >= 15 is 0 Å². The maximum absolute atomic E-state index is 12.9. The summed E-state index contributed by atoms with van der Waals surface area (Å²) < 4.78 is 12.7. The van der Waals surface area contributed by atoms with Crippen LogP contribution in [-0.4, -0.2) is 32.8 Å². The predicted octanol–water partition coefficient (Wildman–Crippen LogP) is 3.53. The number of amides is 1. The Bertz CT molecular complexity index is 964. The van der Waals surface area contributed by atoms with E-state index in [0.717, 1.165) is 11.3 Å². The summed E-state index contributed by atoms with van der Waals surface area (Å²) >= 11 is 6.12. The Morgan fingerprint density at radius 1 is 1.33 bits per heavy atom. The van der Waals surface area contributed by atoms with Crippen molar-refractivity contribution in [3.63, 3.8) is 0 Å². The van der Waals surface area contributed by atoms with Gasteiger partial charge in [0.1, 0.15) is 18.1 Å². The zero-order chi connectivity index (χ0) is 19.6. The van der Waals surface area contributed by atoms with Crippen LogP contribution < -0.4 is 4.74 Å². The highest BCUT2D eigenvalue weighted by Gasteiger charge is 2.24. The molecule has 3 rings (SSSR count). The molecule has 3 aromatic rings. The summed E-state index contributed by atoms with van der Waals surface area (Å²) in [5.74, 6) is 0.835. The number of carbonyl (C=O) groups is 1. The molecule has 2 heterocycles. The Hall–Kier alpha value is -2.80. The fourth-order valence-electron chi connectivity index (χ4n) is 2.75. The molecular weight excluding hydrogens is 368 g/mol. The lowest BCUT2D eigenvalue weighted by Gasteiger charge is -2.16. The number of aromatic nitrogens is 3. The number of rotatable bonds is 6. The van der Waals surface area contributed by atoms with Crippen molar-refractivity contribution in [2.24, 2.45) is 7.05 Å². The van der Waals surface area contributed by atoms with Crippen LogP contribution in [0.3, 0.4) is 0 Å². The number of aryl methyl sites for hydroxylation is 3. The Morgan fingerprint density at radius 3 is 2.74 bits per heavy atom. The van der Waals surface area contributed by atoms with Crippen LogP contribution in [0.25, 0.3) is 0 Å². The van der Waals surface area contributed by atoms with Gasteiger partial charge in [-0.2, -0.15) is 5.10 Å². The van der Waals surface area contributed by atoms with Gasteiger partial charge in [-0.05, 0) is 26.0 Å². The molecule has 0 aliphatic carbocycles. The average molecular weight is 389 g/mol. The van der Waals surface area contributed by atoms with Gasteiger partial charge in [0.15, 0.2) is 5.69 Å². The highest BCUT2D eigenvalue weighted by molar-refractivity contribution is 6.32. The summed E-state index contributed by atoms with van der Waals surface area (Å²) in [6.07, 6.45) is 1.90. The molecule has 0 radical (unpaired) electrons. The third-order valence-electron chi connectivity index (χ3n) is 4.27. The quantitative estimate of drug-likeness (QED) is 0.645. The minimum atomic E-state index is -0.243. The average Bonchev–Trinajstić information content (AvgIpc) is 3.15. The SMILES string of the molecule is Cc1nn(C)cc1CN(C)C(=O)c1noc(C)c1COc1ccccc1Cl. The van der Waals surface area contributed by atoms with Crippen molar-refractivity contribution < 1.29 is 14.1 Å². The summed E-state index contributed by atoms with van der Waals surface area (Å²) in [5, 5.41) is 8.75. The van der Waals surface area contributed by atoms with Crippen LogP contribution in [0, 0.1) is 13.8 Å². The van der Waals surface area contributed by atoms with Gasteiger partial charge < -0.3 is 14.2 Å². The van der Waals surface area contributed by atoms with Crippen molar-refractivity contribution in [3.8, 4) is 5.75 Å². The first-order valence-corrected chi connectivity index (χ1v) is 8.81. The number of ether oxygens (including phenoxy) is 1. The van der Waals surface area contributed by atoms with Crippen molar-refractivity contribution in [2.45, 2.75) is 27.0 Å². The third kappa shape index (κ3) is 4.14. The van der Waals surface area contributed by atoms with Gasteiger partial charge in [-0.15, -0.1) is 0 Å². The van der Waals surface area contributed by atoms with E-state index in [1.54, 1.807) is 35.7 Å². The number of hydrogen-bond acceptors (Lipinski definition) is 5. The maximum Gasteiger partial charge on any atom is 0.276 e. The topological polar surface area (TPSA) is 73.4 Å². The van der Waals surface area contributed by atoms with E-state index in [0.29, 0.717) is 28.6 Å². The molecule has 0 N–H and O–H groups in total. The molecule has 0 saturated carbocycles. The standard InChI is InChI=1S/C19H21ClN4O3/c1-12-14(10-24(4)21-12)9-23(3)19(25)18-15(13(2)27-22-18)11-26-17-8-6-5-7-16(17)20/h5-8,10H,9,11H2,1-4H3. The Kier molecular flexibility index (Phi) is 5.51. The highest BCUT2D eigenvalue weighted by atomic mass is 35.5. The second kappa shape index (κ2) is 7.84. The van der Waals surface area contributed by atoms with E-state index in [1.807, 2.05) is 32.3 Å². The zero-order valence-electron chi connectivity index (χ0n) is 15.7. The van der Waals surface area contributed by atoms with Gasteiger partial charge in [0.2, 0.25) is 0 Å². The van der Waals surface area contributed by atoms with Gasteiger partial charge in [0, 0.05) is 32.4 Å². The summed E-state index contributed by atoms with van der Waals surface area (Å²) in [6.45, 7) is 4.23. The molecule has 0 fully saturated rings. The van der Waals surface area contributed by atoms with Gasteiger partial charge in [-0.25, -0.2) is 0 Å². The summed E-state index contributed by atoms with van der Waals surface area (Å²) in [7, 11) is 3.57. The van der Waals surface area contributed by atoms with Crippen LogP contribution in [0.1, 0.15) is 33.1 Å². The molecule has 0 unspecified atom stereocenters. The monoisotopic (exact) mass is 388 g/mol. The molecule has 0 aliphatic rings. The first-order valence-electron chi connectivity index (χ1n) is 8.44. The van der Waals surface area contributed by atoms with Gasteiger partial charge in [-0.3, -0.25) is 9.48 Å². The smallest absolute Gasteiger partial charge is 0.276 e. The van der Waals surface area contributed by atoms with Gasteiger partial charge >= 0.3 is 0 Å². The van der Waals surface area contributed by atoms with E-state index in [1.165, 1.54) is 0 Å². The second-order valence-electron chi connectivity index (χ2n) is 6.36. The minimum absolute atomic E-state index is 0.139. The van der Waals surface area contributed by atoms with E-state index in [-0.39, 0.29) is 18.2 Å². The summed E-state index contributed by atoms with van der Waals surface area (Å²) in [5.41, 5.74) is 2.71. The van der Waals surface area contributed by atoms with Crippen LogP contribution in [0.2, 0.25) is 5.02 Å². The predicted molar refractivity (Wildman–Crippen MR) is 101 cm³/mol. The number of para-hydroxylation sites is 1. The molecule has 142 valence electrons. The fourth-order valence-corrected chi connectivity index (χ4v) is 2.94. The zero-order valence-corrected chi connectivity index (χ0v) is 16.4. The lowest BCUT2D eigenvalue weighted by Crippen LogP contribution is -2.27. The van der Waals surface area contributed by atoms with Gasteiger partial charge in [0.25, 0.3) is 5.91 Å². The van der Waals surface area contributed by atoms with Crippen LogP contribution >= 0.6 is 11.6 Å². The summed E-state index contributed by atoms with van der Waals surface area (Å²) in [4.78, 5) is 14.5. The first-order chi connectivity index (χ1) is 12.9. The van der Waals surface area contributed by atoms with E-state index in [2.05, 4.69) is 10.3 Å². The Labute approximate surface area is 162 Å². The molecule has 2 aromatic heterocycles. The number of carbonyl (C=O) groups excluding carboxylic acids is 1. The highest BCUT2D eigenvalue weighted by Crippen LogP contribution is 2.25. The molecule has 0 bridgehead atoms. The molecule has 1 aromatic carbocycles. The molecule has 0 aliphatic heterocycles. The molecule has 8 heteroatoms. The van der Waals surface area contributed by atoms with E-state index in [4.69, 9.17) is 20.9 Å². The maximum atomic E-state index is 12.9. The van der Waals surface area contributed by atoms with Crippen LogP contribution in [-0.2, 0) is 20.2 Å². The largest absolute Gasteiger partial charge is 0.487 e. The van der Waals surface area contributed by atoms with Gasteiger partial charge in [0.05, 0.1) is 16.3 Å². The van der Waals surface area contributed by atoms with Crippen molar-refractivity contribution in [3.05, 3.63) is 63.8 Å². The molecule has 0 atom stereocenters. The number of nitrogens with zero attached hydrogens (tertiary/aromatic N) is 4. The molecule has 27 heavy (non-hydrogen) atoms. The van der Waals surface area contributed by atoms with Crippen LogP contribution in [0.4, 0.5) is 0 Å². The van der Waals surface area contributed by atoms with Crippen LogP contribution in [0.5, 0.6) is 5.75 Å². The lowest BCUT2D eigenvalue weighted by atomic mass is 10.1.